The van der Waals surface area contributed by atoms with Crippen LogP contribution >= 0.6 is 11.6 Å². The van der Waals surface area contributed by atoms with E-state index in [9.17, 15) is 4.79 Å². The topological polar surface area (TPSA) is 23.6 Å². The summed E-state index contributed by atoms with van der Waals surface area (Å²) in [5.74, 6) is 0.587. The Hall–Kier alpha value is -0.280. The molecule has 0 aromatic rings. The first-order valence-electron chi connectivity index (χ1n) is 5.10. The van der Waals surface area contributed by atoms with Crippen molar-refractivity contribution in [2.75, 3.05) is 39.6 Å². The molecule has 1 amide bonds. The highest BCUT2D eigenvalue weighted by Gasteiger charge is 2.09. The van der Waals surface area contributed by atoms with E-state index >= 15 is 0 Å². The molecule has 0 aromatic carbocycles. The molecular weight excluding hydrogens is 200 g/mol. The number of nitrogens with zero attached hydrogens (tertiary/aromatic N) is 2. The summed E-state index contributed by atoms with van der Waals surface area (Å²) in [6, 6.07) is 0. The fourth-order valence-corrected chi connectivity index (χ4v) is 1.44. The molecule has 0 radical (unpaired) electrons. The van der Waals surface area contributed by atoms with E-state index in [0.717, 1.165) is 26.1 Å². The quantitative estimate of drug-likeness (QED) is 0.606. The van der Waals surface area contributed by atoms with Gasteiger partial charge in [0.25, 0.3) is 0 Å². The van der Waals surface area contributed by atoms with Crippen LogP contribution in [0.3, 0.4) is 0 Å². The number of hydrogen-bond acceptors (Lipinski definition) is 2. The Kier molecular flexibility index (Phi) is 7.90. The second-order valence-corrected chi connectivity index (χ2v) is 3.95. The fraction of sp³-hybridized carbons (Fsp3) is 0.900. The summed E-state index contributed by atoms with van der Waals surface area (Å²) in [5, 5.41) is 0. The molecule has 0 unspecified atom stereocenters. The summed E-state index contributed by atoms with van der Waals surface area (Å²) in [7, 11) is 4.08. The van der Waals surface area contributed by atoms with Gasteiger partial charge in [-0.25, -0.2) is 0 Å². The van der Waals surface area contributed by atoms with Crippen molar-refractivity contribution in [2.24, 2.45) is 0 Å². The van der Waals surface area contributed by atoms with Gasteiger partial charge in [-0.05, 0) is 34.0 Å². The maximum atomic E-state index is 11.5. The van der Waals surface area contributed by atoms with Crippen LogP contribution in [0.4, 0.5) is 0 Å². The van der Waals surface area contributed by atoms with Crippen LogP contribution in [0.2, 0.25) is 0 Å². The Labute approximate surface area is 92.0 Å². The lowest BCUT2D eigenvalue weighted by molar-refractivity contribution is -0.130. The first-order chi connectivity index (χ1) is 6.61. The van der Waals surface area contributed by atoms with Crippen LogP contribution in [-0.4, -0.2) is 55.3 Å². The predicted molar refractivity (Wildman–Crippen MR) is 60.8 cm³/mol. The number of hydrogen-bond donors (Lipinski definition) is 0. The minimum absolute atomic E-state index is 0.168. The molecule has 0 atom stereocenters. The normalized spacial score (nSPS) is 10.6. The van der Waals surface area contributed by atoms with Crippen molar-refractivity contribution < 1.29 is 4.79 Å². The van der Waals surface area contributed by atoms with Crippen molar-refractivity contribution in [1.82, 2.24) is 9.80 Å². The molecule has 0 fully saturated rings. The van der Waals surface area contributed by atoms with Crippen LogP contribution in [0.15, 0.2) is 0 Å². The van der Waals surface area contributed by atoms with Gasteiger partial charge in [0, 0.05) is 25.4 Å². The molecule has 0 aromatic heterocycles. The maximum absolute atomic E-state index is 11.5. The van der Waals surface area contributed by atoms with Gasteiger partial charge in [-0.1, -0.05) is 0 Å². The van der Waals surface area contributed by atoms with Gasteiger partial charge < -0.3 is 9.80 Å². The molecule has 3 nitrogen and oxygen atoms in total. The van der Waals surface area contributed by atoms with E-state index in [-0.39, 0.29) is 5.91 Å². The summed E-state index contributed by atoms with van der Waals surface area (Å²) >= 11 is 5.53. The molecule has 14 heavy (non-hydrogen) atoms. The van der Waals surface area contributed by atoms with Gasteiger partial charge in [-0.3, -0.25) is 4.79 Å². The average Bonchev–Trinajstić information content (AvgIpc) is 2.12. The lowest BCUT2D eigenvalue weighted by Gasteiger charge is -2.21. The first-order valence-corrected chi connectivity index (χ1v) is 5.63. The highest BCUT2D eigenvalue weighted by Crippen LogP contribution is 1.98. The second kappa shape index (κ2) is 8.06. The third-order valence-electron chi connectivity index (χ3n) is 2.08. The van der Waals surface area contributed by atoms with Crippen LogP contribution in [0.25, 0.3) is 0 Å². The van der Waals surface area contributed by atoms with Gasteiger partial charge in [0.2, 0.25) is 5.91 Å². The Morgan fingerprint density at radius 2 is 1.93 bits per heavy atom. The van der Waals surface area contributed by atoms with Crippen molar-refractivity contribution in [1.29, 1.82) is 0 Å². The van der Waals surface area contributed by atoms with E-state index in [1.165, 1.54) is 0 Å². The summed E-state index contributed by atoms with van der Waals surface area (Å²) < 4.78 is 0. The van der Waals surface area contributed by atoms with Crippen molar-refractivity contribution in [3.8, 4) is 0 Å². The fourth-order valence-electron chi connectivity index (χ4n) is 1.28. The molecule has 0 bridgehead atoms. The van der Waals surface area contributed by atoms with Gasteiger partial charge in [0.05, 0.1) is 0 Å². The maximum Gasteiger partial charge on any atom is 0.223 e. The molecule has 0 rings (SSSR count). The largest absolute Gasteiger partial charge is 0.343 e. The van der Waals surface area contributed by atoms with Gasteiger partial charge in [-0.2, -0.15) is 0 Å². The van der Waals surface area contributed by atoms with Crippen LogP contribution in [0.5, 0.6) is 0 Å². The number of alkyl halides is 1. The van der Waals surface area contributed by atoms with E-state index in [1.807, 2.05) is 25.9 Å². The van der Waals surface area contributed by atoms with Gasteiger partial charge >= 0.3 is 0 Å². The Balaban J connectivity index is 3.73. The minimum Gasteiger partial charge on any atom is -0.343 e. The third kappa shape index (κ3) is 6.22. The van der Waals surface area contributed by atoms with Crippen molar-refractivity contribution in [2.45, 2.75) is 19.8 Å². The number of carbonyl (C=O) groups excluding carboxylic acids is 1. The van der Waals surface area contributed by atoms with E-state index in [0.29, 0.717) is 12.3 Å². The molecule has 0 saturated heterocycles. The number of carbonyl (C=O) groups is 1. The average molecular weight is 221 g/mol. The Morgan fingerprint density at radius 3 is 2.36 bits per heavy atom. The molecule has 0 aliphatic heterocycles. The molecule has 0 spiro atoms. The second-order valence-electron chi connectivity index (χ2n) is 3.57. The Morgan fingerprint density at radius 1 is 1.29 bits per heavy atom. The summed E-state index contributed by atoms with van der Waals surface area (Å²) in [6.07, 6.45) is 1.48. The van der Waals surface area contributed by atoms with Crippen LogP contribution < -0.4 is 0 Å². The number of rotatable bonds is 7. The molecule has 0 heterocycles. The third-order valence-corrected chi connectivity index (χ3v) is 2.27. The van der Waals surface area contributed by atoms with Crippen LogP contribution in [0.1, 0.15) is 19.8 Å². The highest BCUT2D eigenvalue weighted by molar-refractivity contribution is 6.18. The molecule has 84 valence electrons. The van der Waals surface area contributed by atoms with Crippen molar-refractivity contribution >= 4 is 17.5 Å². The number of amides is 1. The van der Waals surface area contributed by atoms with Gasteiger partial charge in [-0.15, -0.1) is 11.6 Å². The number of halogens is 1. The minimum atomic E-state index is 0.168. The van der Waals surface area contributed by atoms with Gasteiger partial charge in [0.15, 0.2) is 0 Å². The molecule has 4 heteroatoms. The van der Waals surface area contributed by atoms with Crippen molar-refractivity contribution in [3.05, 3.63) is 0 Å². The standard InChI is InChI=1S/C10H21ClN2O/c1-4-13(10(14)6-7-11)9-5-8-12(2)3/h4-9H2,1-3H3. The van der Waals surface area contributed by atoms with Crippen molar-refractivity contribution in [3.63, 3.8) is 0 Å². The van der Waals surface area contributed by atoms with Crippen LogP contribution in [0, 0.1) is 0 Å². The smallest absolute Gasteiger partial charge is 0.223 e. The zero-order valence-electron chi connectivity index (χ0n) is 9.42. The molecule has 0 N–H and O–H groups in total. The van der Waals surface area contributed by atoms with E-state index in [1.54, 1.807) is 0 Å². The lowest BCUT2D eigenvalue weighted by Crippen LogP contribution is -2.33. The van der Waals surface area contributed by atoms with E-state index < -0.39 is 0 Å². The van der Waals surface area contributed by atoms with E-state index in [2.05, 4.69) is 4.90 Å². The monoisotopic (exact) mass is 220 g/mol. The highest BCUT2D eigenvalue weighted by atomic mass is 35.5. The zero-order chi connectivity index (χ0) is 11.0. The molecule has 0 saturated carbocycles. The predicted octanol–water partition coefficient (Wildman–Crippen LogP) is 1.42. The SMILES string of the molecule is CCN(CCCN(C)C)C(=O)CCCl. The van der Waals surface area contributed by atoms with E-state index in [4.69, 9.17) is 11.6 Å². The molecule has 0 aliphatic carbocycles. The van der Waals surface area contributed by atoms with Gasteiger partial charge in [0.1, 0.15) is 0 Å². The van der Waals surface area contributed by atoms with Crippen LogP contribution in [-0.2, 0) is 4.79 Å². The first kappa shape index (κ1) is 13.7. The summed E-state index contributed by atoms with van der Waals surface area (Å²) in [5.41, 5.74) is 0. The Bertz CT molecular complexity index is 162. The lowest BCUT2D eigenvalue weighted by atomic mass is 10.3. The zero-order valence-corrected chi connectivity index (χ0v) is 10.2. The summed E-state index contributed by atoms with van der Waals surface area (Å²) in [4.78, 5) is 15.5. The summed E-state index contributed by atoms with van der Waals surface area (Å²) in [6.45, 7) is 4.64. The molecular formula is C10H21ClN2O. The molecule has 0 aliphatic rings.